The molecule has 7 nitrogen and oxygen atoms in total. The third-order valence-corrected chi connectivity index (χ3v) is 8.76. The minimum Gasteiger partial charge on any atom is -0.465 e. The van der Waals surface area contributed by atoms with Crippen LogP contribution in [0.15, 0.2) is 72.6 Å². The topological polar surface area (TPSA) is 70.7 Å². The van der Waals surface area contributed by atoms with E-state index in [4.69, 9.17) is 21.1 Å². The van der Waals surface area contributed by atoms with Crippen molar-refractivity contribution in [2.75, 3.05) is 44.7 Å². The van der Waals surface area contributed by atoms with Crippen molar-refractivity contribution in [2.45, 2.75) is 74.7 Å². The van der Waals surface area contributed by atoms with E-state index in [0.717, 1.165) is 67.3 Å². The van der Waals surface area contributed by atoms with Gasteiger partial charge in [0.15, 0.2) is 0 Å². The number of esters is 1. The molecule has 48 heavy (non-hydrogen) atoms. The fourth-order valence-corrected chi connectivity index (χ4v) is 6.20. The van der Waals surface area contributed by atoms with E-state index in [9.17, 15) is 4.79 Å². The van der Waals surface area contributed by atoms with Crippen molar-refractivity contribution < 1.29 is 14.3 Å². The smallest absolute Gasteiger partial charge is 0.341 e. The Kier molecular flexibility index (Phi) is 15.0. The third kappa shape index (κ3) is 9.86. The molecule has 8 heteroatoms. The number of hydrogen-bond acceptors (Lipinski definition) is 6. The van der Waals surface area contributed by atoms with Crippen LogP contribution >= 0.6 is 11.6 Å². The summed E-state index contributed by atoms with van der Waals surface area (Å²) in [5.41, 5.74) is 6.83. The van der Waals surface area contributed by atoms with Crippen molar-refractivity contribution in [1.29, 1.82) is 0 Å². The molecule has 1 aliphatic carbocycles. The van der Waals surface area contributed by atoms with Gasteiger partial charge in [-0.1, -0.05) is 84.7 Å². The number of hydrogen-bond donors (Lipinski definition) is 1. The van der Waals surface area contributed by atoms with E-state index >= 15 is 0 Å². The number of piperazine rings is 1. The molecule has 0 saturated carbocycles. The van der Waals surface area contributed by atoms with Gasteiger partial charge in [0, 0.05) is 61.1 Å². The first-order valence-electron chi connectivity index (χ1n) is 17.6. The molecule has 0 unspecified atom stereocenters. The summed E-state index contributed by atoms with van der Waals surface area (Å²) in [5, 5.41) is 1.72. The fourth-order valence-electron chi connectivity index (χ4n) is 6.07. The molecule has 0 atom stereocenters. The van der Waals surface area contributed by atoms with Gasteiger partial charge in [-0.15, -0.1) is 0 Å². The molecular formula is C40H55ClN4O3. The van der Waals surface area contributed by atoms with Gasteiger partial charge in [0.2, 0.25) is 0 Å². The molecule has 1 saturated heterocycles. The summed E-state index contributed by atoms with van der Waals surface area (Å²) in [6, 6.07) is 17.9. The molecule has 0 spiro atoms. The standard InChI is InChI=1S/C34H37ClN4O3.3C2H6/c1-34(2)12-10-25(30(20-34)23-4-6-26(35)7-5-23)22-38-14-16-39(17-15-38)27-8-9-29(33(40)41-3)31(19-27)42-28-18-24-11-13-36-32(24)37-21-28;3*1-2/h4-9,11,13,18-19,21H,10,12,14-17,20,22H2,1-3H3,(H,36,37);3*1-2H3. The molecule has 0 radical (unpaired) electrons. The molecule has 4 aromatic rings. The number of benzene rings is 2. The highest BCUT2D eigenvalue weighted by molar-refractivity contribution is 6.30. The Morgan fingerprint density at radius 1 is 0.938 bits per heavy atom. The van der Waals surface area contributed by atoms with Crippen LogP contribution in [0, 0.1) is 5.41 Å². The van der Waals surface area contributed by atoms with Crippen LogP contribution in [-0.4, -0.2) is 60.7 Å². The SMILES string of the molecule is CC.CC.CC.COC(=O)c1ccc(N2CCN(CC3=C(c4ccc(Cl)cc4)CC(C)(C)CC3)CC2)cc1Oc1cnc2[nH]ccc2c1. The van der Waals surface area contributed by atoms with E-state index in [2.05, 4.69) is 45.7 Å². The van der Waals surface area contributed by atoms with E-state index in [1.165, 1.54) is 24.7 Å². The van der Waals surface area contributed by atoms with Crippen molar-refractivity contribution in [3.05, 3.63) is 88.7 Å². The molecule has 0 bridgehead atoms. The van der Waals surface area contributed by atoms with Crippen LogP contribution < -0.4 is 9.64 Å². The number of carbonyl (C=O) groups excluding carboxylic acids is 1. The number of methoxy groups -OCH3 is 1. The van der Waals surface area contributed by atoms with Crippen LogP contribution in [0.2, 0.25) is 5.02 Å². The van der Waals surface area contributed by atoms with Gasteiger partial charge in [-0.3, -0.25) is 4.90 Å². The molecule has 1 aliphatic heterocycles. The zero-order valence-corrected chi connectivity index (χ0v) is 31.2. The number of anilines is 1. The molecule has 6 rings (SSSR count). The number of ether oxygens (including phenoxy) is 2. The summed E-state index contributed by atoms with van der Waals surface area (Å²) < 4.78 is 11.2. The van der Waals surface area contributed by atoms with E-state index in [1.807, 2.05) is 84.1 Å². The third-order valence-electron chi connectivity index (χ3n) is 8.50. The van der Waals surface area contributed by atoms with Gasteiger partial charge in [0.1, 0.15) is 22.7 Å². The van der Waals surface area contributed by atoms with Gasteiger partial charge in [0.25, 0.3) is 0 Å². The van der Waals surface area contributed by atoms with Gasteiger partial charge >= 0.3 is 5.97 Å². The van der Waals surface area contributed by atoms with Crippen LogP contribution in [0.3, 0.4) is 0 Å². The van der Waals surface area contributed by atoms with E-state index in [0.29, 0.717) is 22.5 Å². The molecule has 260 valence electrons. The average Bonchev–Trinajstić information content (AvgIpc) is 3.60. The largest absolute Gasteiger partial charge is 0.465 e. The molecule has 3 heterocycles. The fraction of sp³-hybridized carbons (Fsp3) is 0.450. The predicted octanol–water partition coefficient (Wildman–Crippen LogP) is 10.7. The summed E-state index contributed by atoms with van der Waals surface area (Å²) in [6.45, 7) is 21.4. The van der Waals surface area contributed by atoms with Crippen molar-refractivity contribution in [1.82, 2.24) is 14.9 Å². The predicted molar refractivity (Wildman–Crippen MR) is 203 cm³/mol. The second-order valence-corrected chi connectivity index (χ2v) is 12.5. The minimum atomic E-state index is -0.433. The zero-order chi connectivity index (χ0) is 35.3. The lowest BCUT2D eigenvalue weighted by atomic mass is 9.72. The van der Waals surface area contributed by atoms with Crippen LogP contribution in [-0.2, 0) is 4.74 Å². The van der Waals surface area contributed by atoms with Crippen LogP contribution in [0.4, 0.5) is 5.69 Å². The van der Waals surface area contributed by atoms with Crippen molar-refractivity contribution in [3.63, 3.8) is 0 Å². The first-order chi connectivity index (χ1) is 23.3. The summed E-state index contributed by atoms with van der Waals surface area (Å²) in [5.74, 6) is 0.591. The minimum absolute atomic E-state index is 0.302. The molecule has 1 N–H and O–H groups in total. The lowest BCUT2D eigenvalue weighted by Crippen LogP contribution is -2.47. The van der Waals surface area contributed by atoms with Crippen LogP contribution in [0.5, 0.6) is 11.5 Å². The molecule has 2 aromatic heterocycles. The second kappa shape index (κ2) is 18.7. The Labute approximate surface area is 293 Å². The maximum absolute atomic E-state index is 12.5. The number of nitrogens with zero attached hydrogens (tertiary/aromatic N) is 3. The van der Waals surface area contributed by atoms with Crippen molar-refractivity contribution in [3.8, 4) is 11.5 Å². The number of allylic oxidation sites excluding steroid dienone is 1. The molecular weight excluding hydrogens is 620 g/mol. The van der Waals surface area contributed by atoms with Gasteiger partial charge < -0.3 is 19.4 Å². The number of fused-ring (bicyclic) bond motifs is 1. The highest BCUT2D eigenvalue weighted by atomic mass is 35.5. The number of nitrogens with one attached hydrogen (secondary N) is 1. The number of carbonyl (C=O) groups is 1. The molecule has 1 fully saturated rings. The Hall–Kier alpha value is -3.81. The first kappa shape index (κ1) is 38.6. The van der Waals surface area contributed by atoms with E-state index in [-0.39, 0.29) is 0 Å². The van der Waals surface area contributed by atoms with Gasteiger partial charge in [0.05, 0.1) is 13.3 Å². The van der Waals surface area contributed by atoms with E-state index in [1.54, 1.807) is 17.8 Å². The molecule has 2 aromatic carbocycles. The van der Waals surface area contributed by atoms with Crippen LogP contribution in [0.25, 0.3) is 16.6 Å². The second-order valence-electron chi connectivity index (χ2n) is 12.1. The lowest BCUT2D eigenvalue weighted by molar-refractivity contribution is 0.0598. The monoisotopic (exact) mass is 674 g/mol. The van der Waals surface area contributed by atoms with Gasteiger partial charge in [-0.05, 0) is 72.2 Å². The summed E-state index contributed by atoms with van der Waals surface area (Å²) in [6.07, 6.45) is 6.92. The average molecular weight is 675 g/mol. The molecule has 2 aliphatic rings. The Bertz CT molecular complexity index is 1620. The maximum Gasteiger partial charge on any atom is 0.341 e. The highest BCUT2D eigenvalue weighted by Crippen LogP contribution is 2.43. The Balaban J connectivity index is 0.000000987. The number of aromatic nitrogens is 2. The van der Waals surface area contributed by atoms with Gasteiger partial charge in [-0.25, -0.2) is 9.78 Å². The maximum atomic E-state index is 12.5. The summed E-state index contributed by atoms with van der Waals surface area (Å²) >= 11 is 6.20. The number of halogens is 1. The Morgan fingerprint density at radius 2 is 1.62 bits per heavy atom. The number of aromatic amines is 1. The van der Waals surface area contributed by atoms with E-state index < -0.39 is 5.97 Å². The van der Waals surface area contributed by atoms with Crippen LogP contribution in [0.1, 0.15) is 90.6 Å². The van der Waals surface area contributed by atoms with Gasteiger partial charge in [-0.2, -0.15) is 0 Å². The number of rotatable bonds is 7. The normalized spacial score (nSPS) is 15.7. The lowest BCUT2D eigenvalue weighted by Gasteiger charge is -2.39. The van der Waals surface area contributed by atoms with Crippen molar-refractivity contribution in [2.24, 2.45) is 5.41 Å². The quantitative estimate of drug-likeness (QED) is 0.197. The molecule has 0 amide bonds. The zero-order valence-electron chi connectivity index (χ0n) is 30.5. The highest BCUT2D eigenvalue weighted by Gasteiger charge is 2.29. The summed E-state index contributed by atoms with van der Waals surface area (Å²) in [7, 11) is 1.38. The number of pyridine rings is 1. The summed E-state index contributed by atoms with van der Waals surface area (Å²) in [4.78, 5) is 25.0. The van der Waals surface area contributed by atoms with Crippen molar-refractivity contribution >= 4 is 39.9 Å². The number of H-pyrrole nitrogens is 1. The first-order valence-corrected chi connectivity index (χ1v) is 17.9. The Morgan fingerprint density at radius 3 is 2.29 bits per heavy atom.